The summed E-state index contributed by atoms with van der Waals surface area (Å²) in [7, 11) is -9.93. The van der Waals surface area contributed by atoms with E-state index in [2.05, 4.69) is 48.5 Å². The van der Waals surface area contributed by atoms with Crippen molar-refractivity contribution in [2.45, 2.75) is 465 Å². The van der Waals surface area contributed by atoms with Gasteiger partial charge in [0.15, 0.2) is 12.2 Å². The number of unbranched alkanes of at least 4 members (excludes halogenated alkanes) is 51. The van der Waals surface area contributed by atoms with Crippen LogP contribution in [0.3, 0.4) is 0 Å². The van der Waals surface area contributed by atoms with Gasteiger partial charge in [-0.2, -0.15) is 0 Å². The van der Waals surface area contributed by atoms with Gasteiger partial charge in [-0.25, -0.2) is 9.13 Å². The summed E-state index contributed by atoms with van der Waals surface area (Å²) in [4.78, 5) is 73.2. The minimum absolute atomic E-state index is 0.106. The molecule has 0 amide bonds. The summed E-state index contributed by atoms with van der Waals surface area (Å²) < 4.78 is 68.9. The van der Waals surface area contributed by atoms with E-state index in [1.54, 1.807) is 0 Å². The van der Waals surface area contributed by atoms with Crippen molar-refractivity contribution in [1.29, 1.82) is 0 Å². The van der Waals surface area contributed by atoms with E-state index < -0.39 is 97.5 Å². The molecular formula is C85H166O17P2. The molecule has 0 aromatic carbocycles. The van der Waals surface area contributed by atoms with Crippen LogP contribution in [0.4, 0.5) is 0 Å². The summed E-state index contributed by atoms with van der Waals surface area (Å²) >= 11 is 0. The van der Waals surface area contributed by atoms with E-state index in [1.165, 1.54) is 257 Å². The van der Waals surface area contributed by atoms with Gasteiger partial charge >= 0.3 is 39.5 Å². The highest BCUT2D eigenvalue weighted by molar-refractivity contribution is 7.47. The molecule has 0 saturated heterocycles. The molecule has 0 heterocycles. The first-order chi connectivity index (χ1) is 50.2. The average Bonchev–Trinajstić information content (AvgIpc) is 0.911. The number of aliphatic hydroxyl groups is 1. The number of carbonyl (C=O) groups excluding carboxylic acids is 4. The second-order valence-electron chi connectivity index (χ2n) is 32.0. The summed E-state index contributed by atoms with van der Waals surface area (Å²) in [5.41, 5.74) is 0. The van der Waals surface area contributed by atoms with Crippen LogP contribution in [-0.4, -0.2) is 96.7 Å². The zero-order valence-electron chi connectivity index (χ0n) is 68.5. The Morgan fingerprint density at radius 1 is 0.260 bits per heavy atom. The average molecular weight is 1520 g/mol. The van der Waals surface area contributed by atoms with Crippen LogP contribution in [0.5, 0.6) is 0 Å². The molecule has 0 fully saturated rings. The van der Waals surface area contributed by atoms with Gasteiger partial charge in [-0.1, -0.05) is 395 Å². The van der Waals surface area contributed by atoms with Gasteiger partial charge in [-0.05, 0) is 43.4 Å². The van der Waals surface area contributed by atoms with E-state index in [9.17, 15) is 43.2 Å². The minimum atomic E-state index is -4.97. The number of aliphatic hydroxyl groups excluding tert-OH is 1. The fraction of sp³-hybridized carbons (Fsp3) is 0.953. The van der Waals surface area contributed by atoms with Crippen molar-refractivity contribution in [2.24, 2.45) is 17.8 Å². The van der Waals surface area contributed by atoms with Gasteiger partial charge in [-0.15, -0.1) is 0 Å². The molecule has 0 saturated carbocycles. The van der Waals surface area contributed by atoms with E-state index in [-0.39, 0.29) is 25.7 Å². The van der Waals surface area contributed by atoms with Crippen LogP contribution in [0.2, 0.25) is 0 Å². The van der Waals surface area contributed by atoms with Crippen molar-refractivity contribution >= 4 is 39.5 Å². The second kappa shape index (κ2) is 75.1. The quantitative estimate of drug-likeness (QED) is 0.0222. The van der Waals surface area contributed by atoms with E-state index in [4.69, 9.17) is 37.0 Å². The predicted octanol–water partition coefficient (Wildman–Crippen LogP) is 25.7. The highest BCUT2D eigenvalue weighted by atomic mass is 31.2. The Morgan fingerprint density at radius 3 is 0.654 bits per heavy atom. The van der Waals surface area contributed by atoms with E-state index >= 15 is 0 Å². The predicted molar refractivity (Wildman–Crippen MR) is 428 cm³/mol. The van der Waals surface area contributed by atoms with Crippen LogP contribution in [0.15, 0.2) is 0 Å². The van der Waals surface area contributed by atoms with Crippen molar-refractivity contribution < 1.29 is 80.2 Å². The van der Waals surface area contributed by atoms with E-state index in [0.29, 0.717) is 25.7 Å². The van der Waals surface area contributed by atoms with Gasteiger partial charge in [0.25, 0.3) is 0 Å². The standard InChI is InChI=1S/C85H166O17P2/c1-8-9-10-11-12-13-14-15-16-17-18-19-23-26-32-37-45-52-59-66-82(87)95-72-80(101-84(89)68-61-54-47-38-33-27-24-21-20-22-25-30-35-42-49-56-63-76(2)3)74-99-103(91,92)97-70-79(86)71-98-104(93,94)100-75-81(73-96-83(88)67-60-53-46-41-40-44-51-58-65-78(6)7)102-85(90)69-62-55-48-39-34-29-28-31-36-43-50-57-64-77(4)5/h76-81,86H,8-75H2,1-7H3,(H,91,92)(H,93,94)/t79-,80-,81-/m1/s1. The molecule has 0 bridgehead atoms. The number of esters is 4. The summed E-state index contributed by atoms with van der Waals surface area (Å²) in [5.74, 6) is 0.206. The Morgan fingerprint density at radius 2 is 0.442 bits per heavy atom. The number of phosphoric acid groups is 2. The highest BCUT2D eigenvalue weighted by Crippen LogP contribution is 2.45. The topological polar surface area (TPSA) is 237 Å². The van der Waals surface area contributed by atoms with E-state index in [1.807, 2.05) is 0 Å². The van der Waals surface area contributed by atoms with Gasteiger partial charge in [0.05, 0.1) is 26.4 Å². The molecule has 0 aliphatic rings. The van der Waals surface area contributed by atoms with Crippen LogP contribution in [0.25, 0.3) is 0 Å². The molecule has 5 atom stereocenters. The van der Waals surface area contributed by atoms with Gasteiger partial charge in [0.1, 0.15) is 19.3 Å². The molecule has 2 unspecified atom stereocenters. The fourth-order valence-electron chi connectivity index (χ4n) is 13.2. The third-order valence-electron chi connectivity index (χ3n) is 19.9. The molecule has 0 aliphatic heterocycles. The van der Waals surface area contributed by atoms with Crippen molar-refractivity contribution in [2.75, 3.05) is 39.6 Å². The fourth-order valence-corrected chi connectivity index (χ4v) is 14.8. The first kappa shape index (κ1) is 102. The lowest BCUT2D eigenvalue weighted by Gasteiger charge is -2.21. The number of ether oxygens (including phenoxy) is 4. The van der Waals surface area contributed by atoms with Crippen LogP contribution in [0, 0.1) is 17.8 Å². The monoisotopic (exact) mass is 1520 g/mol. The third kappa shape index (κ3) is 78.2. The molecule has 0 rings (SSSR count). The Bertz CT molecular complexity index is 2010. The molecule has 19 heteroatoms. The number of hydrogen-bond donors (Lipinski definition) is 3. The van der Waals surface area contributed by atoms with Crippen molar-refractivity contribution in [3.8, 4) is 0 Å². The molecule has 104 heavy (non-hydrogen) atoms. The van der Waals surface area contributed by atoms with Gasteiger partial charge in [0, 0.05) is 25.7 Å². The zero-order chi connectivity index (χ0) is 76.5. The zero-order valence-corrected chi connectivity index (χ0v) is 70.3. The third-order valence-corrected chi connectivity index (χ3v) is 21.8. The van der Waals surface area contributed by atoms with Gasteiger partial charge in [-0.3, -0.25) is 37.3 Å². The van der Waals surface area contributed by atoms with Crippen LogP contribution in [0.1, 0.15) is 447 Å². The number of rotatable bonds is 83. The maximum atomic E-state index is 13.1. The lowest BCUT2D eigenvalue weighted by atomic mass is 10.0. The number of carbonyl (C=O) groups is 4. The Labute approximate surface area is 638 Å². The smallest absolute Gasteiger partial charge is 0.462 e. The van der Waals surface area contributed by atoms with Gasteiger partial charge in [0.2, 0.25) is 0 Å². The summed E-state index contributed by atoms with van der Waals surface area (Å²) in [6, 6.07) is 0. The normalized spacial score (nSPS) is 13.9. The SMILES string of the molecule is CCCCCCCCCCCCCCCCCCCCCC(=O)OC[C@H](COP(=O)(O)OC[C@@H](O)COP(=O)(O)OC[C@@H](COC(=O)CCCCCCCCCCC(C)C)OC(=O)CCCCCCCCCCCCCCC(C)C)OC(=O)CCCCCCCCCCCCCCCCCCC(C)C. The van der Waals surface area contributed by atoms with Crippen molar-refractivity contribution in [3.05, 3.63) is 0 Å². The van der Waals surface area contributed by atoms with E-state index in [0.717, 1.165) is 108 Å². The molecule has 618 valence electrons. The maximum Gasteiger partial charge on any atom is 0.472 e. The summed E-state index contributed by atoms with van der Waals surface area (Å²) in [6.07, 6.45) is 65.3. The molecule has 3 N–H and O–H groups in total. The lowest BCUT2D eigenvalue weighted by molar-refractivity contribution is -0.161. The first-order valence-electron chi connectivity index (χ1n) is 43.8. The molecule has 0 radical (unpaired) electrons. The Hall–Kier alpha value is -1.94. The molecule has 0 aliphatic carbocycles. The molecule has 17 nitrogen and oxygen atoms in total. The lowest BCUT2D eigenvalue weighted by Crippen LogP contribution is -2.30. The molecular weight excluding hydrogens is 1350 g/mol. The second-order valence-corrected chi connectivity index (χ2v) is 34.9. The van der Waals surface area contributed by atoms with Gasteiger partial charge < -0.3 is 33.8 Å². The highest BCUT2D eigenvalue weighted by Gasteiger charge is 2.30. The molecule has 0 aromatic heterocycles. The summed E-state index contributed by atoms with van der Waals surface area (Å²) in [6.45, 7) is 12.0. The van der Waals surface area contributed by atoms with Crippen LogP contribution < -0.4 is 0 Å². The van der Waals surface area contributed by atoms with Crippen molar-refractivity contribution in [3.63, 3.8) is 0 Å². The maximum absolute atomic E-state index is 13.1. The number of phosphoric ester groups is 2. The summed E-state index contributed by atoms with van der Waals surface area (Å²) in [5, 5.41) is 10.7. The molecule has 0 spiro atoms. The largest absolute Gasteiger partial charge is 0.472 e. The van der Waals surface area contributed by atoms with Crippen LogP contribution in [-0.2, 0) is 65.4 Å². The first-order valence-corrected chi connectivity index (χ1v) is 46.8. The van der Waals surface area contributed by atoms with Crippen LogP contribution >= 0.6 is 15.6 Å². The minimum Gasteiger partial charge on any atom is -0.462 e. The Kier molecular flexibility index (Phi) is 73.7. The van der Waals surface area contributed by atoms with Crippen molar-refractivity contribution in [1.82, 2.24) is 0 Å². The number of hydrogen-bond acceptors (Lipinski definition) is 15. The molecule has 0 aromatic rings. The Balaban J connectivity index is 5.25.